The van der Waals surface area contributed by atoms with Crippen molar-refractivity contribution in [2.45, 2.75) is 64.6 Å². The predicted molar refractivity (Wildman–Crippen MR) is 66.0 cm³/mol. The summed E-state index contributed by atoms with van der Waals surface area (Å²) in [4.78, 5) is 12.0. The van der Waals surface area contributed by atoms with Gasteiger partial charge in [-0.3, -0.25) is 4.79 Å². The van der Waals surface area contributed by atoms with Crippen LogP contribution >= 0.6 is 0 Å². The van der Waals surface area contributed by atoms with Crippen LogP contribution in [0.4, 0.5) is 4.39 Å². The van der Waals surface area contributed by atoms with Crippen molar-refractivity contribution in [3.05, 3.63) is 11.4 Å². The van der Waals surface area contributed by atoms with Gasteiger partial charge in [0.05, 0.1) is 5.69 Å². The zero-order valence-electron chi connectivity index (χ0n) is 11.1. The normalized spacial score (nSPS) is 24.2. The Hall–Kier alpha value is -1.26. The summed E-state index contributed by atoms with van der Waals surface area (Å²) >= 11 is 0. The van der Waals surface area contributed by atoms with Crippen LogP contribution in [-0.4, -0.2) is 20.8 Å². The number of rotatable bonds is 3. The Morgan fingerprint density at radius 3 is 2.83 bits per heavy atom. The van der Waals surface area contributed by atoms with E-state index in [4.69, 9.17) is 0 Å². The van der Waals surface area contributed by atoms with Crippen molar-refractivity contribution in [1.29, 1.82) is 0 Å². The van der Waals surface area contributed by atoms with Gasteiger partial charge in [-0.1, -0.05) is 18.6 Å². The van der Waals surface area contributed by atoms with E-state index < -0.39 is 5.67 Å². The summed E-state index contributed by atoms with van der Waals surface area (Å²) in [5, 5.41) is 8.05. The molecular weight excluding hydrogens is 233 g/mol. The number of hydrogen-bond acceptors (Lipinski definition) is 3. The molecule has 0 fully saturated rings. The van der Waals surface area contributed by atoms with Crippen molar-refractivity contribution in [2.24, 2.45) is 0 Å². The number of carbonyl (C=O) groups is 1. The van der Waals surface area contributed by atoms with E-state index in [1.807, 2.05) is 6.92 Å². The second-order valence-corrected chi connectivity index (χ2v) is 4.84. The van der Waals surface area contributed by atoms with Gasteiger partial charge in [-0.15, -0.1) is 5.10 Å². The number of halogens is 1. The van der Waals surface area contributed by atoms with E-state index in [0.717, 1.165) is 25.7 Å². The third-order valence-corrected chi connectivity index (χ3v) is 3.68. The van der Waals surface area contributed by atoms with Gasteiger partial charge in [0.2, 0.25) is 5.67 Å². The summed E-state index contributed by atoms with van der Waals surface area (Å²) in [7, 11) is 0. The zero-order valence-corrected chi connectivity index (χ0v) is 11.1. The maximum atomic E-state index is 15.2. The van der Waals surface area contributed by atoms with Gasteiger partial charge in [-0.2, -0.15) is 0 Å². The van der Waals surface area contributed by atoms with Gasteiger partial charge in [-0.25, -0.2) is 9.07 Å². The lowest BCUT2D eigenvalue weighted by molar-refractivity contribution is -0.132. The Morgan fingerprint density at radius 2 is 2.17 bits per heavy atom. The Balaban J connectivity index is 2.53. The van der Waals surface area contributed by atoms with E-state index in [2.05, 4.69) is 10.3 Å². The molecule has 0 N–H and O–H groups in total. The van der Waals surface area contributed by atoms with Crippen molar-refractivity contribution in [3.63, 3.8) is 0 Å². The smallest absolute Gasteiger partial charge is 0.211 e. The SMILES string of the molecule is CCC(=O)C1(F)CCCCCc2nnn(CC)c21. The molecule has 1 aromatic rings. The van der Waals surface area contributed by atoms with Crippen molar-refractivity contribution in [3.8, 4) is 0 Å². The first-order valence-corrected chi connectivity index (χ1v) is 6.78. The average Bonchev–Trinajstić information content (AvgIpc) is 2.77. The van der Waals surface area contributed by atoms with Crippen LogP contribution in [0, 0.1) is 0 Å². The van der Waals surface area contributed by atoms with Crippen LogP contribution in [0.3, 0.4) is 0 Å². The molecule has 18 heavy (non-hydrogen) atoms. The van der Waals surface area contributed by atoms with Crippen LogP contribution in [0.25, 0.3) is 0 Å². The fourth-order valence-corrected chi connectivity index (χ4v) is 2.68. The van der Waals surface area contributed by atoms with Gasteiger partial charge in [0.1, 0.15) is 5.69 Å². The number of fused-ring (bicyclic) bond motifs is 1. The molecule has 0 bridgehead atoms. The van der Waals surface area contributed by atoms with Crippen molar-refractivity contribution in [2.75, 3.05) is 0 Å². The van der Waals surface area contributed by atoms with Crippen LogP contribution in [0.1, 0.15) is 57.3 Å². The molecule has 0 radical (unpaired) electrons. The van der Waals surface area contributed by atoms with Gasteiger partial charge in [0.25, 0.3) is 0 Å². The highest BCUT2D eigenvalue weighted by Crippen LogP contribution is 2.37. The van der Waals surface area contributed by atoms with Gasteiger partial charge < -0.3 is 0 Å². The number of aromatic nitrogens is 3. The molecule has 1 aliphatic rings. The van der Waals surface area contributed by atoms with Gasteiger partial charge in [0, 0.05) is 13.0 Å². The minimum atomic E-state index is -1.88. The summed E-state index contributed by atoms with van der Waals surface area (Å²) in [5.74, 6) is -0.345. The predicted octanol–water partition coefficient (Wildman–Crippen LogP) is 2.56. The second-order valence-electron chi connectivity index (χ2n) is 4.84. The number of alkyl halides is 1. The molecule has 1 aliphatic carbocycles. The van der Waals surface area contributed by atoms with Crippen LogP contribution in [-0.2, 0) is 23.4 Å². The maximum absolute atomic E-state index is 15.2. The van der Waals surface area contributed by atoms with Gasteiger partial charge in [-0.05, 0) is 32.6 Å². The molecule has 0 saturated heterocycles. The third kappa shape index (κ3) is 2.06. The molecular formula is C13H20FN3O. The number of carbonyl (C=O) groups excluding carboxylic acids is 1. The van der Waals surface area contributed by atoms with Crippen LogP contribution in [0.2, 0.25) is 0 Å². The zero-order chi connectivity index (χ0) is 13.2. The second kappa shape index (κ2) is 5.16. The molecule has 1 aromatic heterocycles. The molecule has 0 aliphatic heterocycles. The number of nitrogens with zero attached hydrogens (tertiary/aromatic N) is 3. The van der Waals surface area contributed by atoms with E-state index in [1.54, 1.807) is 11.6 Å². The quantitative estimate of drug-likeness (QED) is 0.831. The summed E-state index contributed by atoms with van der Waals surface area (Å²) in [6.07, 6.45) is 3.88. The molecule has 1 heterocycles. The average molecular weight is 253 g/mol. The fraction of sp³-hybridized carbons (Fsp3) is 0.769. The first-order valence-electron chi connectivity index (χ1n) is 6.78. The van der Waals surface area contributed by atoms with Crippen LogP contribution < -0.4 is 0 Å². The molecule has 2 rings (SSSR count). The van der Waals surface area contributed by atoms with Crippen LogP contribution in [0.15, 0.2) is 0 Å². The molecule has 0 aromatic carbocycles. The highest BCUT2D eigenvalue weighted by Gasteiger charge is 2.44. The Bertz CT molecular complexity index is 443. The third-order valence-electron chi connectivity index (χ3n) is 3.68. The highest BCUT2D eigenvalue weighted by atomic mass is 19.1. The van der Waals surface area contributed by atoms with E-state index >= 15 is 4.39 Å². The van der Waals surface area contributed by atoms with Gasteiger partial charge >= 0.3 is 0 Å². The van der Waals surface area contributed by atoms with E-state index in [1.165, 1.54) is 0 Å². The number of hydrogen-bond donors (Lipinski definition) is 0. The molecule has 0 spiro atoms. The lowest BCUT2D eigenvalue weighted by atomic mass is 9.84. The first-order chi connectivity index (χ1) is 8.63. The largest absolute Gasteiger partial charge is 0.296 e. The lowest BCUT2D eigenvalue weighted by Gasteiger charge is -2.26. The fourth-order valence-electron chi connectivity index (χ4n) is 2.68. The summed E-state index contributed by atoms with van der Waals surface area (Å²) in [5.41, 5.74) is -0.804. The summed E-state index contributed by atoms with van der Waals surface area (Å²) in [6.45, 7) is 4.15. The van der Waals surface area contributed by atoms with Crippen molar-refractivity contribution >= 4 is 5.78 Å². The Kier molecular flexibility index (Phi) is 3.78. The lowest BCUT2D eigenvalue weighted by Crippen LogP contribution is -2.35. The monoisotopic (exact) mass is 253 g/mol. The molecule has 1 unspecified atom stereocenters. The molecule has 1 atom stereocenters. The van der Waals surface area contributed by atoms with Gasteiger partial charge in [0.15, 0.2) is 5.78 Å². The van der Waals surface area contributed by atoms with Crippen molar-refractivity contribution in [1.82, 2.24) is 15.0 Å². The maximum Gasteiger partial charge on any atom is 0.211 e. The Morgan fingerprint density at radius 1 is 1.39 bits per heavy atom. The molecule has 5 heteroatoms. The molecule has 0 amide bonds. The summed E-state index contributed by atoms with van der Waals surface area (Å²) in [6, 6.07) is 0. The molecule has 0 saturated carbocycles. The highest BCUT2D eigenvalue weighted by molar-refractivity contribution is 5.88. The first kappa shape index (κ1) is 13.2. The van der Waals surface area contributed by atoms with E-state index in [-0.39, 0.29) is 18.6 Å². The number of Topliss-reactive ketones (excluding diaryl/α,β-unsaturated/α-hetero) is 1. The summed E-state index contributed by atoms with van der Waals surface area (Å²) < 4.78 is 16.8. The van der Waals surface area contributed by atoms with E-state index in [9.17, 15) is 4.79 Å². The Labute approximate surface area is 107 Å². The molecule has 4 nitrogen and oxygen atoms in total. The minimum absolute atomic E-state index is 0.213. The van der Waals surface area contributed by atoms with E-state index in [0.29, 0.717) is 17.9 Å². The topological polar surface area (TPSA) is 47.8 Å². The molecule has 100 valence electrons. The van der Waals surface area contributed by atoms with Crippen molar-refractivity contribution < 1.29 is 9.18 Å². The standard InChI is InChI=1S/C13H20FN3O/c1-3-11(18)13(14)9-7-5-6-8-10-12(13)17(4-2)16-15-10/h3-9H2,1-2H3. The number of aryl methyl sites for hydroxylation is 2. The number of ketones is 1. The minimum Gasteiger partial charge on any atom is -0.296 e. The van der Waals surface area contributed by atoms with Crippen LogP contribution in [0.5, 0.6) is 0 Å².